The molecule has 0 fully saturated rings. The number of ether oxygens (including phenoxy) is 1. The first kappa shape index (κ1) is 17.9. The smallest absolute Gasteiger partial charge is 0.349 e. The second-order valence-electron chi connectivity index (χ2n) is 5.05. The lowest BCUT2D eigenvalue weighted by atomic mass is 10.1. The molecule has 0 spiro atoms. The quantitative estimate of drug-likeness (QED) is 0.588. The predicted octanol–water partition coefficient (Wildman–Crippen LogP) is 2.55. The van der Waals surface area contributed by atoms with Gasteiger partial charge in [-0.25, -0.2) is 4.79 Å². The summed E-state index contributed by atoms with van der Waals surface area (Å²) in [5, 5.41) is 23.2. The minimum atomic E-state index is -1.41. The number of nitrogens with one attached hydrogen (secondary N) is 1. The van der Waals surface area contributed by atoms with Crippen molar-refractivity contribution >= 4 is 17.6 Å². The van der Waals surface area contributed by atoms with Gasteiger partial charge in [-0.2, -0.15) is 0 Å². The van der Waals surface area contributed by atoms with Gasteiger partial charge in [0.25, 0.3) is 5.91 Å². The molecule has 2 rings (SSSR count). The van der Waals surface area contributed by atoms with E-state index in [-0.39, 0.29) is 11.3 Å². The summed E-state index contributed by atoms with van der Waals surface area (Å²) in [5.41, 5.74) is -0.0458. The van der Waals surface area contributed by atoms with Crippen molar-refractivity contribution in [2.45, 2.75) is 13.0 Å². The Bertz CT molecular complexity index is 791. The number of carbonyl (C=O) groups is 2. The van der Waals surface area contributed by atoms with Crippen LogP contribution in [0, 0.1) is 10.1 Å². The van der Waals surface area contributed by atoms with Crippen LogP contribution >= 0.6 is 0 Å². The largest absolute Gasteiger partial charge is 0.478 e. The molecule has 0 heterocycles. The van der Waals surface area contributed by atoms with E-state index in [0.717, 1.165) is 6.07 Å². The summed E-state index contributed by atoms with van der Waals surface area (Å²) >= 11 is 0. The van der Waals surface area contributed by atoms with Crippen LogP contribution in [-0.2, 0) is 4.79 Å². The van der Waals surface area contributed by atoms with E-state index in [1.165, 1.54) is 12.1 Å². The summed E-state index contributed by atoms with van der Waals surface area (Å²) in [5.74, 6) is -1.97. The van der Waals surface area contributed by atoms with Gasteiger partial charge in [-0.1, -0.05) is 30.3 Å². The molecular weight excluding hydrogens is 328 g/mol. The normalized spacial score (nSPS) is 11.4. The Morgan fingerprint density at radius 2 is 1.92 bits per heavy atom. The van der Waals surface area contributed by atoms with Gasteiger partial charge in [0.2, 0.25) is 6.10 Å². The Morgan fingerprint density at radius 3 is 2.48 bits per heavy atom. The van der Waals surface area contributed by atoms with Crippen LogP contribution in [0.1, 0.15) is 28.9 Å². The molecule has 1 amide bonds. The fourth-order valence-corrected chi connectivity index (χ4v) is 2.18. The minimum absolute atomic E-state index is 0.0903. The summed E-state index contributed by atoms with van der Waals surface area (Å²) in [6.45, 7) is 2.10. The molecule has 0 bridgehead atoms. The first-order valence-electron chi connectivity index (χ1n) is 7.45. The summed E-state index contributed by atoms with van der Waals surface area (Å²) in [6.07, 6.45) is -1.41. The third kappa shape index (κ3) is 4.31. The lowest BCUT2D eigenvalue weighted by Gasteiger charge is -2.15. The number of hydrogen-bond acceptors (Lipinski definition) is 5. The van der Waals surface area contributed by atoms with Crippen molar-refractivity contribution in [2.24, 2.45) is 0 Å². The molecule has 2 aromatic rings. The van der Waals surface area contributed by atoms with E-state index >= 15 is 0 Å². The van der Waals surface area contributed by atoms with Crippen LogP contribution in [0.4, 0.5) is 5.69 Å². The second kappa shape index (κ2) is 7.91. The predicted molar refractivity (Wildman–Crippen MR) is 88.6 cm³/mol. The van der Waals surface area contributed by atoms with Crippen LogP contribution in [0.15, 0.2) is 48.5 Å². The molecule has 0 saturated carbocycles. The number of rotatable bonds is 7. The summed E-state index contributed by atoms with van der Waals surface area (Å²) in [6, 6.07) is 11.7. The SMILES string of the molecule is CCNC(=O)c1ccc(OC(C(=O)O)c2ccccc2)c([N+](=O)[O-])c1. The first-order chi connectivity index (χ1) is 11.9. The van der Waals surface area contributed by atoms with Gasteiger partial charge in [0.05, 0.1) is 4.92 Å². The highest BCUT2D eigenvalue weighted by Gasteiger charge is 2.26. The monoisotopic (exact) mass is 344 g/mol. The van der Waals surface area contributed by atoms with E-state index in [1.54, 1.807) is 37.3 Å². The van der Waals surface area contributed by atoms with Crippen LogP contribution in [-0.4, -0.2) is 28.5 Å². The Morgan fingerprint density at radius 1 is 1.24 bits per heavy atom. The van der Waals surface area contributed by atoms with Crippen LogP contribution in [0.25, 0.3) is 0 Å². The average Bonchev–Trinajstić information content (AvgIpc) is 2.60. The van der Waals surface area contributed by atoms with E-state index in [2.05, 4.69) is 5.32 Å². The molecule has 0 aliphatic heterocycles. The van der Waals surface area contributed by atoms with Gasteiger partial charge in [0.1, 0.15) is 0 Å². The molecule has 1 atom stereocenters. The molecular formula is C17H16N2O6. The summed E-state index contributed by atoms with van der Waals surface area (Å²) in [7, 11) is 0. The van der Waals surface area contributed by atoms with E-state index in [0.29, 0.717) is 12.1 Å². The topological polar surface area (TPSA) is 119 Å². The van der Waals surface area contributed by atoms with Gasteiger partial charge in [0, 0.05) is 23.7 Å². The van der Waals surface area contributed by atoms with Gasteiger partial charge in [-0.05, 0) is 19.1 Å². The highest BCUT2D eigenvalue weighted by atomic mass is 16.6. The van der Waals surface area contributed by atoms with E-state index in [4.69, 9.17) is 4.74 Å². The number of nitro groups is 1. The number of carbonyl (C=O) groups excluding carboxylic acids is 1. The summed E-state index contributed by atoms with van der Waals surface area (Å²) in [4.78, 5) is 33.9. The molecule has 2 N–H and O–H groups in total. The number of hydrogen-bond donors (Lipinski definition) is 2. The molecule has 0 aromatic heterocycles. The number of carboxylic acid groups (broad SMARTS) is 1. The number of benzene rings is 2. The van der Waals surface area contributed by atoms with Crippen molar-refractivity contribution in [1.29, 1.82) is 0 Å². The van der Waals surface area contributed by atoms with Crippen molar-refractivity contribution in [3.8, 4) is 5.75 Å². The number of carboxylic acids is 1. The Labute approximate surface area is 143 Å². The van der Waals surface area contributed by atoms with Crippen LogP contribution in [0.2, 0.25) is 0 Å². The van der Waals surface area contributed by atoms with Crippen molar-refractivity contribution in [1.82, 2.24) is 5.32 Å². The lowest BCUT2D eigenvalue weighted by Crippen LogP contribution is -2.23. The van der Waals surface area contributed by atoms with Crippen molar-refractivity contribution in [3.63, 3.8) is 0 Å². The zero-order valence-electron chi connectivity index (χ0n) is 13.3. The van der Waals surface area contributed by atoms with Crippen LogP contribution < -0.4 is 10.1 Å². The van der Waals surface area contributed by atoms with E-state index < -0.39 is 28.6 Å². The first-order valence-corrected chi connectivity index (χ1v) is 7.45. The molecule has 0 aliphatic rings. The maximum atomic E-state index is 11.8. The number of aliphatic carboxylic acids is 1. The molecule has 0 aliphatic carbocycles. The highest BCUT2D eigenvalue weighted by Crippen LogP contribution is 2.32. The standard InChI is InChI=1S/C17H16N2O6/c1-2-18-16(20)12-8-9-14(13(10-12)19(23)24)25-15(17(21)22)11-6-4-3-5-7-11/h3-10,15H,2H2,1H3,(H,18,20)(H,21,22). The van der Waals surface area contributed by atoms with E-state index in [1.807, 2.05) is 0 Å². The fraction of sp³-hybridized carbons (Fsp3) is 0.176. The highest BCUT2D eigenvalue weighted by molar-refractivity contribution is 5.95. The van der Waals surface area contributed by atoms with Crippen molar-refractivity contribution in [3.05, 3.63) is 69.8 Å². The van der Waals surface area contributed by atoms with Gasteiger partial charge in [0.15, 0.2) is 5.75 Å². The van der Waals surface area contributed by atoms with Gasteiger partial charge in [-0.3, -0.25) is 14.9 Å². The number of amides is 1. The minimum Gasteiger partial charge on any atom is -0.478 e. The maximum Gasteiger partial charge on any atom is 0.349 e. The Kier molecular flexibility index (Phi) is 5.67. The molecule has 8 nitrogen and oxygen atoms in total. The molecule has 1 unspecified atom stereocenters. The van der Waals surface area contributed by atoms with Crippen molar-refractivity contribution < 1.29 is 24.4 Å². The molecule has 0 radical (unpaired) electrons. The number of nitro benzene ring substituents is 1. The lowest BCUT2D eigenvalue weighted by molar-refractivity contribution is -0.386. The van der Waals surface area contributed by atoms with Gasteiger partial charge in [-0.15, -0.1) is 0 Å². The van der Waals surface area contributed by atoms with Crippen LogP contribution in [0.3, 0.4) is 0 Å². The third-order valence-electron chi connectivity index (χ3n) is 3.33. The Balaban J connectivity index is 2.38. The molecule has 2 aromatic carbocycles. The zero-order chi connectivity index (χ0) is 18.4. The average molecular weight is 344 g/mol. The summed E-state index contributed by atoms with van der Waals surface area (Å²) < 4.78 is 5.38. The van der Waals surface area contributed by atoms with Crippen LogP contribution in [0.5, 0.6) is 5.75 Å². The Hall–Kier alpha value is -3.42. The van der Waals surface area contributed by atoms with E-state index in [9.17, 15) is 24.8 Å². The fourth-order valence-electron chi connectivity index (χ4n) is 2.18. The van der Waals surface area contributed by atoms with Gasteiger partial charge >= 0.3 is 11.7 Å². The van der Waals surface area contributed by atoms with Crippen molar-refractivity contribution in [2.75, 3.05) is 6.54 Å². The maximum absolute atomic E-state index is 11.8. The molecule has 8 heteroatoms. The second-order valence-corrected chi connectivity index (χ2v) is 5.05. The number of nitrogens with zero attached hydrogens (tertiary/aromatic N) is 1. The molecule has 25 heavy (non-hydrogen) atoms. The third-order valence-corrected chi connectivity index (χ3v) is 3.33. The molecule has 0 saturated heterocycles. The molecule has 130 valence electrons. The van der Waals surface area contributed by atoms with Gasteiger partial charge < -0.3 is 15.2 Å². The zero-order valence-corrected chi connectivity index (χ0v) is 13.3.